The molecule has 2 heterocycles. The van der Waals surface area contributed by atoms with Gasteiger partial charge >= 0.3 is 0 Å². The monoisotopic (exact) mass is 728 g/mol. The molecule has 3 nitrogen and oxygen atoms in total. The van der Waals surface area contributed by atoms with Crippen LogP contribution in [0.15, 0.2) is 223 Å². The predicted molar refractivity (Wildman–Crippen MR) is 239 cm³/mol. The molecule has 0 aliphatic heterocycles. The summed E-state index contributed by atoms with van der Waals surface area (Å²) in [5, 5.41) is 4.65. The maximum Gasteiger partial charge on any atom is 0.161 e. The number of furan rings is 1. The summed E-state index contributed by atoms with van der Waals surface area (Å²) in [7, 11) is 0. The first-order valence-corrected chi connectivity index (χ1v) is 19.4. The van der Waals surface area contributed by atoms with Crippen molar-refractivity contribution in [2.75, 3.05) is 4.90 Å². The van der Waals surface area contributed by atoms with E-state index in [1.54, 1.807) is 0 Å². The van der Waals surface area contributed by atoms with Gasteiger partial charge in [0, 0.05) is 38.8 Å². The number of anilines is 3. The first-order chi connectivity index (χ1) is 28.3. The average molecular weight is 729 g/mol. The van der Waals surface area contributed by atoms with Crippen molar-refractivity contribution in [2.24, 2.45) is 0 Å². The van der Waals surface area contributed by atoms with Crippen LogP contribution < -0.4 is 4.90 Å². The molecule has 0 amide bonds. The SMILES string of the molecule is c1ccc(-c2ccccc2N(c2ccc(-c3ccc4ccccc4c3)cc2)c2ccccc2-c2cccc3c2oc2c4ccccc4n(-c4ccccc4)c32)cc1. The van der Waals surface area contributed by atoms with E-state index >= 15 is 0 Å². The highest BCUT2D eigenvalue weighted by Gasteiger charge is 2.25. The first-order valence-electron chi connectivity index (χ1n) is 19.4. The molecule has 0 saturated carbocycles. The van der Waals surface area contributed by atoms with E-state index in [1.165, 1.54) is 21.9 Å². The van der Waals surface area contributed by atoms with Gasteiger partial charge in [0.2, 0.25) is 0 Å². The Balaban J connectivity index is 1.13. The van der Waals surface area contributed by atoms with Crippen molar-refractivity contribution in [1.82, 2.24) is 4.57 Å². The molecule has 0 saturated heterocycles. The largest absolute Gasteiger partial charge is 0.453 e. The Labute approximate surface area is 330 Å². The van der Waals surface area contributed by atoms with Gasteiger partial charge in [0.1, 0.15) is 11.1 Å². The van der Waals surface area contributed by atoms with E-state index in [0.29, 0.717) is 0 Å². The number of fused-ring (bicyclic) bond motifs is 6. The number of hydrogen-bond acceptors (Lipinski definition) is 2. The second kappa shape index (κ2) is 13.6. The van der Waals surface area contributed by atoms with E-state index in [9.17, 15) is 0 Å². The Morgan fingerprint density at radius 1 is 0.368 bits per heavy atom. The molecule has 11 rings (SSSR count). The zero-order valence-electron chi connectivity index (χ0n) is 31.1. The molecule has 0 spiro atoms. The highest BCUT2D eigenvalue weighted by molar-refractivity contribution is 6.19. The van der Waals surface area contributed by atoms with Crippen molar-refractivity contribution in [1.29, 1.82) is 0 Å². The molecule has 0 bridgehead atoms. The van der Waals surface area contributed by atoms with Crippen LogP contribution in [0, 0.1) is 0 Å². The molecule has 0 radical (unpaired) electrons. The smallest absolute Gasteiger partial charge is 0.161 e. The molecule has 0 aliphatic carbocycles. The minimum Gasteiger partial charge on any atom is -0.453 e. The molecule has 3 heteroatoms. The van der Waals surface area contributed by atoms with Gasteiger partial charge in [-0.05, 0) is 88.1 Å². The normalized spacial score (nSPS) is 11.5. The van der Waals surface area contributed by atoms with E-state index in [4.69, 9.17) is 4.42 Å². The van der Waals surface area contributed by atoms with Gasteiger partial charge in [-0.15, -0.1) is 0 Å². The van der Waals surface area contributed by atoms with E-state index in [0.717, 1.165) is 78.0 Å². The molecule has 0 atom stereocenters. The molecular formula is C54H36N2O. The van der Waals surface area contributed by atoms with Gasteiger partial charge in [-0.3, -0.25) is 0 Å². The van der Waals surface area contributed by atoms with Crippen LogP contribution in [0.5, 0.6) is 0 Å². The number of benzene rings is 9. The zero-order valence-corrected chi connectivity index (χ0v) is 31.1. The summed E-state index contributed by atoms with van der Waals surface area (Å²) in [6.07, 6.45) is 0. The second-order valence-electron chi connectivity index (χ2n) is 14.5. The predicted octanol–water partition coefficient (Wildman–Crippen LogP) is 15.2. The fraction of sp³-hybridized carbons (Fsp3) is 0. The number of nitrogens with zero attached hydrogens (tertiary/aromatic N) is 2. The van der Waals surface area contributed by atoms with Crippen LogP contribution in [0.25, 0.3) is 82.8 Å². The lowest BCUT2D eigenvalue weighted by atomic mass is 9.97. The number of hydrogen-bond donors (Lipinski definition) is 0. The van der Waals surface area contributed by atoms with Crippen LogP contribution in [-0.4, -0.2) is 4.57 Å². The lowest BCUT2D eigenvalue weighted by Crippen LogP contribution is -2.12. The van der Waals surface area contributed by atoms with Crippen LogP contribution in [0.4, 0.5) is 17.1 Å². The van der Waals surface area contributed by atoms with Gasteiger partial charge in [0.15, 0.2) is 5.58 Å². The Morgan fingerprint density at radius 2 is 0.965 bits per heavy atom. The summed E-state index contributed by atoms with van der Waals surface area (Å²) in [5.74, 6) is 0. The minimum atomic E-state index is 0.869. The minimum absolute atomic E-state index is 0.869. The van der Waals surface area contributed by atoms with Crippen LogP contribution in [0.3, 0.4) is 0 Å². The van der Waals surface area contributed by atoms with Crippen molar-refractivity contribution in [3.8, 4) is 39.1 Å². The van der Waals surface area contributed by atoms with Crippen molar-refractivity contribution >= 4 is 60.8 Å². The van der Waals surface area contributed by atoms with Gasteiger partial charge < -0.3 is 13.9 Å². The van der Waals surface area contributed by atoms with Crippen molar-refractivity contribution < 1.29 is 4.42 Å². The Kier molecular flexibility index (Phi) is 7.82. The third kappa shape index (κ3) is 5.51. The quantitative estimate of drug-likeness (QED) is 0.163. The van der Waals surface area contributed by atoms with Crippen molar-refractivity contribution in [3.63, 3.8) is 0 Å². The highest BCUT2D eigenvalue weighted by Crippen LogP contribution is 2.48. The fourth-order valence-electron chi connectivity index (χ4n) is 8.56. The molecule has 57 heavy (non-hydrogen) atoms. The second-order valence-corrected chi connectivity index (χ2v) is 14.5. The van der Waals surface area contributed by atoms with Crippen molar-refractivity contribution in [3.05, 3.63) is 218 Å². The maximum atomic E-state index is 7.05. The molecule has 268 valence electrons. The third-order valence-corrected chi connectivity index (χ3v) is 11.2. The van der Waals surface area contributed by atoms with Crippen LogP contribution in [0.2, 0.25) is 0 Å². The first kappa shape index (κ1) is 32.8. The van der Waals surface area contributed by atoms with Gasteiger partial charge in [-0.25, -0.2) is 0 Å². The molecule has 0 aliphatic rings. The number of para-hydroxylation sites is 5. The van der Waals surface area contributed by atoms with Crippen LogP contribution in [-0.2, 0) is 0 Å². The lowest BCUT2D eigenvalue weighted by molar-refractivity contribution is 0.674. The van der Waals surface area contributed by atoms with Gasteiger partial charge in [0.05, 0.1) is 16.9 Å². The van der Waals surface area contributed by atoms with Gasteiger partial charge in [-0.2, -0.15) is 0 Å². The standard InChI is InChI=1S/C54H36N2O/c1-3-17-39(18-4-1)44-22-9-12-27-49(44)55(43-34-32-38(33-35-43)41-31-30-37-16-7-8-19-40(37)36-41)50-28-13-10-23-45(50)46-25-15-26-48-52-54(57-53(46)48)47-24-11-14-29-51(47)56(52)42-20-5-2-6-21-42/h1-36H. The summed E-state index contributed by atoms with van der Waals surface area (Å²) in [6, 6.07) is 78.0. The zero-order chi connectivity index (χ0) is 37.7. The molecule has 0 fully saturated rings. The molecule has 0 unspecified atom stereocenters. The number of aromatic nitrogens is 1. The lowest BCUT2D eigenvalue weighted by Gasteiger charge is -2.30. The molecule has 9 aromatic carbocycles. The maximum absolute atomic E-state index is 7.05. The van der Waals surface area contributed by atoms with Gasteiger partial charge in [-0.1, -0.05) is 158 Å². The van der Waals surface area contributed by atoms with Gasteiger partial charge in [0.25, 0.3) is 0 Å². The van der Waals surface area contributed by atoms with E-state index in [2.05, 4.69) is 228 Å². The fourth-order valence-corrected chi connectivity index (χ4v) is 8.56. The summed E-state index contributed by atoms with van der Waals surface area (Å²) in [5.41, 5.74) is 15.1. The Morgan fingerprint density at radius 3 is 1.77 bits per heavy atom. The molecule has 2 aromatic heterocycles. The van der Waals surface area contributed by atoms with Crippen LogP contribution >= 0.6 is 0 Å². The Bertz CT molecular complexity index is 3230. The summed E-state index contributed by atoms with van der Waals surface area (Å²) < 4.78 is 9.39. The van der Waals surface area contributed by atoms with E-state index in [1.807, 2.05) is 0 Å². The highest BCUT2D eigenvalue weighted by atomic mass is 16.3. The summed E-state index contributed by atoms with van der Waals surface area (Å²) >= 11 is 0. The van der Waals surface area contributed by atoms with E-state index in [-0.39, 0.29) is 0 Å². The topological polar surface area (TPSA) is 21.3 Å². The average Bonchev–Trinajstić information content (AvgIpc) is 3.83. The van der Waals surface area contributed by atoms with Crippen LogP contribution in [0.1, 0.15) is 0 Å². The summed E-state index contributed by atoms with van der Waals surface area (Å²) in [6.45, 7) is 0. The Hall–Kier alpha value is -7.62. The van der Waals surface area contributed by atoms with E-state index < -0.39 is 0 Å². The molecule has 0 N–H and O–H groups in total. The summed E-state index contributed by atoms with van der Waals surface area (Å²) in [4.78, 5) is 2.41. The third-order valence-electron chi connectivity index (χ3n) is 11.2. The number of rotatable bonds is 7. The van der Waals surface area contributed by atoms with Crippen molar-refractivity contribution in [2.45, 2.75) is 0 Å². The molecule has 11 aromatic rings. The molecular weight excluding hydrogens is 693 g/mol.